The van der Waals surface area contributed by atoms with Crippen molar-refractivity contribution >= 4 is 15.8 Å². The monoisotopic (exact) mass is 407 g/mol. The van der Waals surface area contributed by atoms with Gasteiger partial charge in [-0.3, -0.25) is 0 Å². The SMILES string of the molecule is COc1cccc(CN(C)c2ccc(S(=O)(=O)N3CCOCC3)cn2)c1OC. The van der Waals surface area contributed by atoms with Crippen molar-refractivity contribution in [3.8, 4) is 11.5 Å². The summed E-state index contributed by atoms with van der Waals surface area (Å²) in [7, 11) is 1.54. The Balaban J connectivity index is 1.76. The van der Waals surface area contributed by atoms with Crippen LogP contribution in [0.4, 0.5) is 5.82 Å². The first-order valence-electron chi connectivity index (χ1n) is 8.92. The molecule has 0 aliphatic carbocycles. The maximum Gasteiger partial charge on any atom is 0.244 e. The van der Waals surface area contributed by atoms with Crippen LogP contribution < -0.4 is 14.4 Å². The maximum absolute atomic E-state index is 12.7. The highest BCUT2D eigenvalue weighted by atomic mass is 32.2. The number of rotatable bonds is 7. The van der Waals surface area contributed by atoms with Gasteiger partial charge in [-0.1, -0.05) is 12.1 Å². The van der Waals surface area contributed by atoms with Crippen LogP contribution in [0, 0.1) is 0 Å². The highest BCUT2D eigenvalue weighted by molar-refractivity contribution is 7.89. The van der Waals surface area contributed by atoms with Crippen LogP contribution in [0.3, 0.4) is 0 Å². The number of aromatic nitrogens is 1. The van der Waals surface area contributed by atoms with Crippen molar-refractivity contribution in [1.82, 2.24) is 9.29 Å². The van der Waals surface area contributed by atoms with Crippen molar-refractivity contribution < 1.29 is 22.6 Å². The van der Waals surface area contributed by atoms with Crippen LogP contribution in [0.2, 0.25) is 0 Å². The van der Waals surface area contributed by atoms with E-state index in [2.05, 4.69) is 4.98 Å². The average molecular weight is 407 g/mol. The van der Waals surface area contributed by atoms with E-state index in [0.29, 0.717) is 50.2 Å². The number of morpholine rings is 1. The van der Waals surface area contributed by atoms with Gasteiger partial charge in [0.1, 0.15) is 10.7 Å². The van der Waals surface area contributed by atoms with Gasteiger partial charge in [-0.05, 0) is 18.2 Å². The average Bonchev–Trinajstić information content (AvgIpc) is 2.74. The van der Waals surface area contributed by atoms with Crippen LogP contribution in [0.25, 0.3) is 0 Å². The molecule has 0 spiro atoms. The number of hydrogen-bond donors (Lipinski definition) is 0. The molecule has 0 saturated carbocycles. The van der Waals surface area contributed by atoms with Crippen molar-refractivity contribution in [3.63, 3.8) is 0 Å². The first-order valence-corrected chi connectivity index (χ1v) is 10.4. The Kier molecular flexibility index (Phi) is 6.38. The molecule has 8 nitrogen and oxygen atoms in total. The summed E-state index contributed by atoms with van der Waals surface area (Å²) in [4.78, 5) is 6.46. The topological polar surface area (TPSA) is 81.2 Å². The number of para-hydroxylation sites is 1. The molecule has 0 unspecified atom stereocenters. The lowest BCUT2D eigenvalue weighted by Crippen LogP contribution is -2.40. The number of sulfonamides is 1. The second-order valence-corrected chi connectivity index (χ2v) is 8.32. The fraction of sp³-hybridized carbons (Fsp3) is 0.421. The zero-order valence-electron chi connectivity index (χ0n) is 16.3. The van der Waals surface area contributed by atoms with Gasteiger partial charge in [0.15, 0.2) is 11.5 Å². The molecule has 9 heteroatoms. The Bertz CT molecular complexity index is 896. The van der Waals surface area contributed by atoms with Crippen molar-refractivity contribution in [3.05, 3.63) is 42.1 Å². The number of benzene rings is 1. The van der Waals surface area contributed by atoms with Gasteiger partial charge >= 0.3 is 0 Å². The lowest BCUT2D eigenvalue weighted by molar-refractivity contribution is 0.0730. The summed E-state index contributed by atoms with van der Waals surface area (Å²) >= 11 is 0. The number of ether oxygens (including phenoxy) is 3. The van der Waals surface area contributed by atoms with E-state index in [0.717, 1.165) is 5.56 Å². The van der Waals surface area contributed by atoms with Crippen LogP contribution in [0.5, 0.6) is 11.5 Å². The molecule has 0 atom stereocenters. The van der Waals surface area contributed by atoms with Gasteiger partial charge in [0, 0.05) is 38.4 Å². The van der Waals surface area contributed by atoms with Crippen molar-refractivity contribution in [2.75, 3.05) is 52.5 Å². The molecule has 28 heavy (non-hydrogen) atoms. The van der Waals surface area contributed by atoms with E-state index >= 15 is 0 Å². The van der Waals surface area contributed by atoms with E-state index in [4.69, 9.17) is 14.2 Å². The first kappa shape index (κ1) is 20.4. The quantitative estimate of drug-likeness (QED) is 0.692. The Morgan fingerprint density at radius 3 is 2.50 bits per heavy atom. The molecular formula is C19H25N3O5S. The Labute approximate surface area is 165 Å². The smallest absolute Gasteiger partial charge is 0.244 e. The summed E-state index contributed by atoms with van der Waals surface area (Å²) in [6.45, 7) is 2.08. The molecule has 1 aliphatic rings. The first-order chi connectivity index (χ1) is 13.5. The van der Waals surface area contributed by atoms with Crippen LogP contribution in [-0.4, -0.2) is 65.3 Å². The lowest BCUT2D eigenvalue weighted by atomic mass is 10.1. The molecule has 1 aliphatic heterocycles. The van der Waals surface area contributed by atoms with Crippen molar-refractivity contribution in [1.29, 1.82) is 0 Å². The Hall–Kier alpha value is -2.36. The standard InChI is InChI=1S/C19H25N3O5S/c1-21(14-15-5-4-6-17(25-2)19(15)26-3)18-8-7-16(13-20-18)28(23,24)22-9-11-27-12-10-22/h4-8,13H,9-12,14H2,1-3H3. The predicted octanol–water partition coefficient (Wildman–Crippen LogP) is 1.76. The molecule has 0 amide bonds. The third kappa shape index (κ3) is 4.21. The van der Waals surface area contributed by atoms with Crippen LogP contribution in [0.1, 0.15) is 5.56 Å². The number of pyridine rings is 1. The predicted molar refractivity (Wildman–Crippen MR) is 105 cm³/mol. The summed E-state index contributed by atoms with van der Waals surface area (Å²) in [6, 6.07) is 8.99. The highest BCUT2D eigenvalue weighted by Crippen LogP contribution is 2.32. The van der Waals surface area contributed by atoms with E-state index in [1.54, 1.807) is 26.4 Å². The zero-order chi connectivity index (χ0) is 20.1. The van der Waals surface area contributed by atoms with E-state index in [9.17, 15) is 8.42 Å². The minimum atomic E-state index is -3.55. The lowest BCUT2D eigenvalue weighted by Gasteiger charge is -2.26. The van der Waals surface area contributed by atoms with Gasteiger partial charge in [-0.25, -0.2) is 13.4 Å². The molecule has 0 radical (unpaired) electrons. The van der Waals surface area contributed by atoms with Gasteiger partial charge in [0.2, 0.25) is 10.0 Å². The second kappa shape index (κ2) is 8.76. The number of methoxy groups -OCH3 is 2. The molecule has 1 fully saturated rings. The summed E-state index contributed by atoms with van der Waals surface area (Å²) in [6.07, 6.45) is 1.40. The molecule has 152 valence electrons. The summed E-state index contributed by atoms with van der Waals surface area (Å²) in [5.41, 5.74) is 0.941. The fourth-order valence-electron chi connectivity index (χ4n) is 3.10. The fourth-order valence-corrected chi connectivity index (χ4v) is 4.46. The highest BCUT2D eigenvalue weighted by Gasteiger charge is 2.26. The number of anilines is 1. The van der Waals surface area contributed by atoms with Crippen LogP contribution >= 0.6 is 0 Å². The normalized spacial score (nSPS) is 15.2. The van der Waals surface area contributed by atoms with Crippen molar-refractivity contribution in [2.24, 2.45) is 0 Å². The van der Waals surface area contributed by atoms with Crippen LogP contribution in [-0.2, 0) is 21.3 Å². The molecule has 0 N–H and O–H groups in total. The zero-order valence-corrected chi connectivity index (χ0v) is 17.1. The van der Waals surface area contributed by atoms with Gasteiger partial charge in [-0.2, -0.15) is 4.31 Å². The van der Waals surface area contributed by atoms with Gasteiger partial charge < -0.3 is 19.1 Å². The van der Waals surface area contributed by atoms with E-state index in [1.807, 2.05) is 30.1 Å². The molecule has 3 rings (SSSR count). The van der Waals surface area contributed by atoms with E-state index in [-0.39, 0.29) is 4.90 Å². The van der Waals surface area contributed by atoms with Gasteiger partial charge in [0.05, 0.1) is 27.4 Å². The minimum absolute atomic E-state index is 0.186. The molecule has 1 aromatic heterocycles. The molecular weight excluding hydrogens is 382 g/mol. The summed E-state index contributed by atoms with van der Waals surface area (Å²) in [5, 5.41) is 0. The molecule has 1 saturated heterocycles. The molecule has 1 aromatic carbocycles. The van der Waals surface area contributed by atoms with E-state index in [1.165, 1.54) is 10.5 Å². The number of nitrogens with zero attached hydrogens (tertiary/aromatic N) is 3. The minimum Gasteiger partial charge on any atom is -0.493 e. The van der Waals surface area contributed by atoms with Crippen LogP contribution in [0.15, 0.2) is 41.4 Å². The second-order valence-electron chi connectivity index (χ2n) is 6.38. The molecule has 0 bridgehead atoms. The molecule has 2 aromatic rings. The Morgan fingerprint density at radius 1 is 1.14 bits per heavy atom. The number of hydrogen-bond acceptors (Lipinski definition) is 7. The van der Waals surface area contributed by atoms with E-state index < -0.39 is 10.0 Å². The maximum atomic E-state index is 12.7. The van der Waals surface area contributed by atoms with Gasteiger partial charge in [0.25, 0.3) is 0 Å². The largest absolute Gasteiger partial charge is 0.493 e. The van der Waals surface area contributed by atoms with Gasteiger partial charge in [-0.15, -0.1) is 0 Å². The molecule has 2 heterocycles. The Morgan fingerprint density at radius 2 is 1.89 bits per heavy atom. The summed E-state index contributed by atoms with van der Waals surface area (Å²) in [5.74, 6) is 1.99. The summed E-state index contributed by atoms with van der Waals surface area (Å²) < 4.78 is 42.9. The third-order valence-corrected chi connectivity index (χ3v) is 6.49. The van der Waals surface area contributed by atoms with Crippen molar-refractivity contribution in [2.45, 2.75) is 11.4 Å². The third-order valence-electron chi connectivity index (χ3n) is 4.61.